The molecule has 4 rings (SSSR count). The maximum Gasteiger partial charge on any atom is 0.229 e. The molecule has 0 spiro atoms. The van der Waals surface area contributed by atoms with E-state index in [9.17, 15) is 4.79 Å². The van der Waals surface area contributed by atoms with Gasteiger partial charge in [0, 0.05) is 36.4 Å². The van der Waals surface area contributed by atoms with E-state index in [-0.39, 0.29) is 11.9 Å². The fourth-order valence-corrected chi connectivity index (χ4v) is 4.33. The second-order valence-corrected chi connectivity index (χ2v) is 8.87. The highest BCUT2D eigenvalue weighted by atomic mass is 35.5. The Labute approximate surface area is 198 Å². The van der Waals surface area contributed by atoms with Gasteiger partial charge in [-0.3, -0.25) is 9.48 Å². The minimum absolute atomic E-state index is 0.151. The smallest absolute Gasteiger partial charge is 0.229 e. The van der Waals surface area contributed by atoms with E-state index < -0.39 is 6.98 Å². The highest BCUT2D eigenvalue weighted by molar-refractivity contribution is 6.32. The first-order valence-corrected chi connectivity index (χ1v) is 11.7. The summed E-state index contributed by atoms with van der Waals surface area (Å²) in [6.45, 7) is 3.11. The lowest BCUT2D eigenvalue weighted by molar-refractivity contribution is -0.133. The highest BCUT2D eigenvalue weighted by Crippen LogP contribution is 2.26. The third-order valence-corrected chi connectivity index (χ3v) is 6.34. The Hall–Kier alpha value is -2.39. The van der Waals surface area contributed by atoms with Crippen LogP contribution in [0.1, 0.15) is 54.4 Å². The summed E-state index contributed by atoms with van der Waals surface area (Å²) in [5.74, 6) is 1.18. The Kier molecular flexibility index (Phi) is 6.26. The van der Waals surface area contributed by atoms with Gasteiger partial charge in [0.25, 0.3) is 0 Å². The van der Waals surface area contributed by atoms with Gasteiger partial charge in [-0.05, 0) is 59.1 Å². The van der Waals surface area contributed by atoms with Gasteiger partial charge in [0.05, 0.1) is 23.6 Å². The first-order chi connectivity index (χ1) is 16.7. The number of rotatable bonds is 8. The molecule has 174 valence electrons. The molecule has 32 heavy (non-hydrogen) atoms. The minimum atomic E-state index is -2.04. The summed E-state index contributed by atoms with van der Waals surface area (Å²) in [4.78, 5) is 24.2. The van der Waals surface area contributed by atoms with Gasteiger partial charge in [0.1, 0.15) is 10.8 Å². The number of carbonyl (C=O) groups excluding carboxylic acids is 1. The minimum Gasteiger partial charge on any atom is -0.369 e. The van der Waals surface area contributed by atoms with E-state index in [4.69, 9.17) is 15.7 Å². The van der Waals surface area contributed by atoms with Crippen molar-refractivity contribution in [2.75, 3.05) is 50.3 Å². The topological polar surface area (TPSA) is 91.2 Å². The van der Waals surface area contributed by atoms with Gasteiger partial charge in [-0.15, -0.1) is 0 Å². The number of nitrogens with one attached hydrogen (secondary N) is 2. The zero-order valence-electron chi connectivity index (χ0n) is 21.5. The number of likely N-dealkylation sites (tertiary alicyclic amines) is 2. The van der Waals surface area contributed by atoms with Crippen molar-refractivity contribution >= 4 is 35.0 Å². The summed E-state index contributed by atoms with van der Waals surface area (Å²) < 4.78 is 24.7. The average Bonchev–Trinajstić information content (AvgIpc) is 3.19. The van der Waals surface area contributed by atoms with Crippen LogP contribution in [0.5, 0.6) is 0 Å². The number of piperidine rings is 2. The molecular formula is C22H33ClN8O. The third kappa shape index (κ3) is 5.69. The molecule has 10 heteroatoms. The van der Waals surface area contributed by atoms with Crippen LogP contribution in [0.4, 0.5) is 17.5 Å². The first-order valence-electron chi connectivity index (χ1n) is 12.8. The van der Waals surface area contributed by atoms with Crippen LogP contribution < -0.4 is 10.6 Å². The molecule has 1 amide bonds. The number of carbonyl (C=O) groups is 1. The fourth-order valence-electron chi connectivity index (χ4n) is 4.17. The summed E-state index contributed by atoms with van der Waals surface area (Å²) in [5.41, 5.74) is 1.60. The van der Waals surface area contributed by atoms with E-state index in [0.29, 0.717) is 42.8 Å². The Balaban J connectivity index is 1.32. The summed E-state index contributed by atoms with van der Waals surface area (Å²) in [6.07, 6.45) is 8.45. The van der Waals surface area contributed by atoms with Crippen molar-refractivity contribution in [3.8, 4) is 0 Å². The van der Waals surface area contributed by atoms with Crippen molar-refractivity contribution in [1.29, 1.82) is 0 Å². The van der Waals surface area contributed by atoms with E-state index >= 15 is 0 Å². The van der Waals surface area contributed by atoms with Gasteiger partial charge in [-0.25, -0.2) is 4.98 Å². The largest absolute Gasteiger partial charge is 0.369 e. The molecular weight excluding hydrogens is 428 g/mol. The van der Waals surface area contributed by atoms with Crippen LogP contribution in [0.2, 0.25) is 5.02 Å². The van der Waals surface area contributed by atoms with Crippen molar-refractivity contribution in [3.63, 3.8) is 0 Å². The molecule has 2 aliphatic heterocycles. The van der Waals surface area contributed by atoms with Gasteiger partial charge < -0.3 is 20.4 Å². The highest BCUT2D eigenvalue weighted by Gasteiger charge is 2.20. The number of aromatic nitrogens is 4. The fraction of sp³-hybridized carbons (Fsp3) is 0.636. The number of anilines is 3. The van der Waals surface area contributed by atoms with Gasteiger partial charge in [0.2, 0.25) is 11.9 Å². The van der Waals surface area contributed by atoms with Gasteiger partial charge >= 0.3 is 0 Å². The van der Waals surface area contributed by atoms with Crippen LogP contribution in [0.3, 0.4) is 0 Å². The SMILES string of the molecule is [2H]C([2H])([2H])N1CCC(n2cc(Nc3ncc(Cl)c(NCCCN4CCCCC4=O)n3)c(C)n2)CC1. The second kappa shape index (κ2) is 10.5. The number of halogens is 1. The molecule has 2 N–H and O–H groups in total. The molecule has 2 saturated heterocycles. The summed E-state index contributed by atoms with van der Waals surface area (Å²) >= 11 is 6.29. The Bertz CT molecular complexity index is 1020. The summed E-state index contributed by atoms with van der Waals surface area (Å²) in [7, 11) is 0. The van der Waals surface area contributed by atoms with E-state index in [1.807, 2.05) is 22.7 Å². The number of aryl methyl sites for hydroxylation is 1. The lowest BCUT2D eigenvalue weighted by Crippen LogP contribution is -2.36. The van der Waals surface area contributed by atoms with E-state index in [1.54, 1.807) is 11.1 Å². The lowest BCUT2D eigenvalue weighted by atomic mass is 10.1. The number of hydrogen-bond donors (Lipinski definition) is 2. The van der Waals surface area contributed by atoms with Crippen LogP contribution in [-0.2, 0) is 4.79 Å². The molecule has 0 aromatic carbocycles. The summed E-state index contributed by atoms with van der Waals surface area (Å²) in [6, 6.07) is 0.151. The van der Waals surface area contributed by atoms with Gasteiger partial charge in [-0.2, -0.15) is 10.1 Å². The lowest BCUT2D eigenvalue weighted by Gasteiger charge is -2.28. The molecule has 0 unspecified atom stereocenters. The Morgan fingerprint density at radius 1 is 1.28 bits per heavy atom. The third-order valence-electron chi connectivity index (χ3n) is 6.06. The molecule has 4 heterocycles. The molecule has 0 radical (unpaired) electrons. The normalized spacial score (nSPS) is 20.0. The van der Waals surface area contributed by atoms with Gasteiger partial charge in [0.15, 0.2) is 0 Å². The summed E-state index contributed by atoms with van der Waals surface area (Å²) in [5, 5.41) is 11.5. The molecule has 2 fully saturated rings. The number of amides is 1. The molecule has 9 nitrogen and oxygen atoms in total. The number of nitrogens with zero attached hydrogens (tertiary/aromatic N) is 6. The maximum atomic E-state index is 11.9. The van der Waals surface area contributed by atoms with Crippen LogP contribution in [0.25, 0.3) is 0 Å². The van der Waals surface area contributed by atoms with Crippen LogP contribution in [-0.4, -0.2) is 75.2 Å². The molecule has 0 saturated carbocycles. The monoisotopic (exact) mass is 463 g/mol. The van der Waals surface area contributed by atoms with E-state index in [1.165, 1.54) is 0 Å². The molecule has 0 atom stereocenters. The Morgan fingerprint density at radius 3 is 2.91 bits per heavy atom. The van der Waals surface area contributed by atoms with E-state index in [2.05, 4.69) is 25.7 Å². The average molecular weight is 464 g/mol. The quantitative estimate of drug-likeness (QED) is 0.579. The van der Waals surface area contributed by atoms with Crippen LogP contribution >= 0.6 is 11.6 Å². The molecule has 2 aliphatic rings. The van der Waals surface area contributed by atoms with Crippen molar-refractivity contribution in [3.05, 3.63) is 23.1 Å². The first kappa shape index (κ1) is 19.1. The number of hydrogen-bond acceptors (Lipinski definition) is 7. The predicted molar refractivity (Wildman–Crippen MR) is 127 cm³/mol. The Morgan fingerprint density at radius 2 is 2.12 bits per heavy atom. The predicted octanol–water partition coefficient (Wildman–Crippen LogP) is 3.46. The zero-order valence-corrected chi connectivity index (χ0v) is 19.2. The van der Waals surface area contributed by atoms with Crippen molar-refractivity contribution in [2.45, 2.75) is 51.5 Å². The molecule has 2 aromatic rings. The molecule has 0 aliphatic carbocycles. The standard InChI is InChI=1S/C22H33ClN8O/c1-16-19(15-31(28-16)17-7-12-29(2)13-8-17)26-22-25-14-18(23)21(27-22)24-9-5-11-30-10-4-3-6-20(30)32/h14-15,17H,3-13H2,1-2H3,(H2,24,25,26,27)/i2D3. The van der Waals surface area contributed by atoms with Gasteiger partial charge in [-0.1, -0.05) is 11.6 Å². The zero-order chi connectivity index (χ0) is 25.0. The van der Waals surface area contributed by atoms with E-state index in [0.717, 1.165) is 56.6 Å². The molecule has 2 aromatic heterocycles. The van der Waals surface area contributed by atoms with Crippen molar-refractivity contribution in [1.82, 2.24) is 29.5 Å². The van der Waals surface area contributed by atoms with Crippen LogP contribution in [0.15, 0.2) is 12.4 Å². The molecule has 0 bridgehead atoms. The van der Waals surface area contributed by atoms with Crippen LogP contribution in [0, 0.1) is 6.92 Å². The van der Waals surface area contributed by atoms with Crippen molar-refractivity contribution in [2.24, 2.45) is 0 Å². The second-order valence-electron chi connectivity index (χ2n) is 8.46. The van der Waals surface area contributed by atoms with Crippen molar-refractivity contribution < 1.29 is 8.91 Å². The maximum absolute atomic E-state index is 11.9.